The highest BCUT2D eigenvalue weighted by atomic mass is 32.2. The molecule has 184 valence electrons. The Morgan fingerprint density at radius 3 is 1.85 bits per heavy atom. The molecule has 0 aromatic heterocycles. The lowest BCUT2D eigenvalue weighted by Crippen LogP contribution is -2.09. The normalized spacial score (nSPS) is 13.4. The SMILES string of the molecule is CC(C)=CCC/C(C)=C/CC/C(C)=C/CC/C(C)=C/CSC(C)(C)Sc1ccc(O)c(C)c1. The van der Waals surface area contributed by atoms with Crippen molar-refractivity contribution in [3.05, 3.63) is 70.4 Å². The average Bonchev–Trinajstić information content (AvgIpc) is 2.70. The predicted octanol–water partition coefficient (Wildman–Crippen LogP) is 10.4. The molecule has 0 radical (unpaired) electrons. The molecule has 0 heterocycles. The van der Waals surface area contributed by atoms with Crippen molar-refractivity contribution in [2.24, 2.45) is 0 Å². The quantitative estimate of drug-likeness (QED) is 0.160. The molecule has 1 N–H and O–H groups in total. The monoisotopic (exact) mass is 486 g/mol. The number of phenolic OH excluding ortho intramolecular Hbond substituents is 1. The number of hydrogen-bond acceptors (Lipinski definition) is 3. The number of phenols is 1. The molecule has 1 rings (SSSR count). The summed E-state index contributed by atoms with van der Waals surface area (Å²) in [6.07, 6.45) is 16.5. The third-order valence-corrected chi connectivity index (χ3v) is 8.16. The molecule has 0 bridgehead atoms. The Kier molecular flexibility index (Phi) is 14.0. The van der Waals surface area contributed by atoms with E-state index in [9.17, 15) is 5.11 Å². The Morgan fingerprint density at radius 2 is 1.33 bits per heavy atom. The van der Waals surface area contributed by atoms with Crippen LogP contribution in [0.15, 0.2) is 69.7 Å². The summed E-state index contributed by atoms with van der Waals surface area (Å²) < 4.78 is 0.0913. The van der Waals surface area contributed by atoms with E-state index in [1.54, 1.807) is 6.07 Å². The molecule has 0 amide bonds. The van der Waals surface area contributed by atoms with Crippen LogP contribution in [0, 0.1) is 6.92 Å². The first-order valence-electron chi connectivity index (χ1n) is 12.2. The van der Waals surface area contributed by atoms with Crippen molar-refractivity contribution in [1.82, 2.24) is 0 Å². The summed E-state index contributed by atoms with van der Waals surface area (Å²) in [6, 6.07) is 5.87. The lowest BCUT2D eigenvalue weighted by atomic mass is 10.0. The molecule has 0 spiro atoms. The van der Waals surface area contributed by atoms with Crippen LogP contribution >= 0.6 is 23.5 Å². The summed E-state index contributed by atoms with van der Waals surface area (Å²) in [4.78, 5) is 1.21. The number of aryl methyl sites for hydroxylation is 1. The third kappa shape index (κ3) is 14.5. The molecule has 0 atom stereocenters. The van der Waals surface area contributed by atoms with Crippen LogP contribution in [0.1, 0.15) is 92.6 Å². The van der Waals surface area contributed by atoms with Crippen LogP contribution in [0.3, 0.4) is 0 Å². The van der Waals surface area contributed by atoms with Crippen LogP contribution in [-0.4, -0.2) is 14.9 Å². The minimum atomic E-state index is 0.0913. The van der Waals surface area contributed by atoms with Crippen LogP contribution in [0.2, 0.25) is 0 Å². The second-order valence-electron chi connectivity index (χ2n) is 9.81. The number of benzene rings is 1. The van der Waals surface area contributed by atoms with Gasteiger partial charge < -0.3 is 5.11 Å². The summed E-state index contributed by atoms with van der Waals surface area (Å²) in [7, 11) is 0. The van der Waals surface area contributed by atoms with Crippen LogP contribution < -0.4 is 0 Å². The van der Waals surface area contributed by atoms with Crippen LogP contribution in [0.5, 0.6) is 5.75 Å². The summed E-state index contributed by atoms with van der Waals surface area (Å²) >= 11 is 3.83. The number of hydrogen-bond donors (Lipinski definition) is 1. The van der Waals surface area contributed by atoms with Gasteiger partial charge in [-0.05, 0) is 118 Å². The Hall–Kier alpha value is -1.32. The van der Waals surface area contributed by atoms with Crippen molar-refractivity contribution < 1.29 is 5.11 Å². The first-order valence-corrected chi connectivity index (χ1v) is 14.0. The van der Waals surface area contributed by atoms with E-state index in [1.165, 1.54) is 40.0 Å². The van der Waals surface area contributed by atoms with Gasteiger partial charge in [-0.2, -0.15) is 0 Å². The molecule has 0 aliphatic heterocycles. The van der Waals surface area contributed by atoms with Crippen molar-refractivity contribution in [2.75, 3.05) is 5.75 Å². The largest absolute Gasteiger partial charge is 0.508 e. The lowest BCUT2D eigenvalue weighted by molar-refractivity contribution is 0.470. The van der Waals surface area contributed by atoms with Gasteiger partial charge in [0.25, 0.3) is 0 Å². The second-order valence-corrected chi connectivity index (χ2v) is 13.4. The van der Waals surface area contributed by atoms with E-state index in [1.807, 2.05) is 36.5 Å². The molecule has 0 saturated heterocycles. The van der Waals surface area contributed by atoms with Gasteiger partial charge in [-0.25, -0.2) is 0 Å². The van der Waals surface area contributed by atoms with E-state index < -0.39 is 0 Å². The van der Waals surface area contributed by atoms with Crippen molar-refractivity contribution in [1.29, 1.82) is 0 Å². The fourth-order valence-electron chi connectivity index (χ4n) is 3.38. The molecule has 3 heteroatoms. The van der Waals surface area contributed by atoms with Gasteiger partial charge in [0.15, 0.2) is 0 Å². The maximum absolute atomic E-state index is 9.73. The molecule has 0 aliphatic carbocycles. The maximum atomic E-state index is 9.73. The number of allylic oxidation sites excluding steroid dienone is 7. The van der Waals surface area contributed by atoms with Crippen molar-refractivity contribution >= 4 is 23.5 Å². The minimum Gasteiger partial charge on any atom is -0.508 e. The van der Waals surface area contributed by atoms with Gasteiger partial charge in [-0.3, -0.25) is 0 Å². The average molecular weight is 487 g/mol. The number of aromatic hydroxyl groups is 1. The fraction of sp³-hybridized carbons (Fsp3) is 0.533. The summed E-state index contributed by atoms with van der Waals surface area (Å²) in [6.45, 7) is 17.6. The fourth-order valence-corrected chi connectivity index (χ4v) is 5.81. The van der Waals surface area contributed by atoms with Gasteiger partial charge in [-0.15, -0.1) is 23.5 Å². The van der Waals surface area contributed by atoms with Crippen LogP contribution in [-0.2, 0) is 0 Å². The third-order valence-electron chi connectivity index (χ3n) is 5.55. The van der Waals surface area contributed by atoms with Gasteiger partial charge in [0.2, 0.25) is 0 Å². The Morgan fingerprint density at radius 1 is 0.818 bits per heavy atom. The molecular weight excluding hydrogens is 440 g/mol. The van der Waals surface area contributed by atoms with E-state index in [2.05, 4.69) is 78.8 Å². The number of thioether (sulfide) groups is 2. The van der Waals surface area contributed by atoms with Crippen molar-refractivity contribution in [3.63, 3.8) is 0 Å². The highest BCUT2D eigenvalue weighted by molar-refractivity contribution is 8.18. The molecule has 1 aromatic rings. The van der Waals surface area contributed by atoms with Gasteiger partial charge >= 0.3 is 0 Å². The zero-order chi connectivity index (χ0) is 24.9. The topological polar surface area (TPSA) is 20.2 Å². The van der Waals surface area contributed by atoms with Crippen LogP contribution in [0.4, 0.5) is 0 Å². The Labute approximate surface area is 212 Å². The van der Waals surface area contributed by atoms with Crippen molar-refractivity contribution in [3.8, 4) is 5.75 Å². The van der Waals surface area contributed by atoms with Gasteiger partial charge in [0.05, 0.1) is 4.08 Å². The summed E-state index contributed by atoms with van der Waals surface area (Å²) in [5.74, 6) is 1.40. The number of rotatable bonds is 14. The minimum absolute atomic E-state index is 0.0913. The lowest BCUT2D eigenvalue weighted by Gasteiger charge is -2.23. The van der Waals surface area contributed by atoms with Crippen LogP contribution in [0.25, 0.3) is 0 Å². The van der Waals surface area contributed by atoms with E-state index in [0.29, 0.717) is 5.75 Å². The van der Waals surface area contributed by atoms with Crippen molar-refractivity contribution in [2.45, 2.75) is 103 Å². The molecular formula is C30H46OS2. The molecule has 33 heavy (non-hydrogen) atoms. The summed E-state index contributed by atoms with van der Waals surface area (Å²) in [5.41, 5.74) is 6.84. The van der Waals surface area contributed by atoms with E-state index in [-0.39, 0.29) is 4.08 Å². The molecule has 0 aliphatic rings. The highest BCUT2D eigenvalue weighted by Crippen LogP contribution is 2.42. The van der Waals surface area contributed by atoms with Gasteiger partial charge in [0.1, 0.15) is 5.75 Å². The standard InChI is InChI=1S/C30H46OS2/c1-23(2)12-9-13-24(3)14-10-15-25(4)16-11-17-26(5)20-21-32-30(7,8)33-28-18-19-29(31)27(6)22-28/h12,14,16,18-20,22,31H,9-11,13,15,17,21H2,1-8H3/b24-14+,25-16+,26-20+. The molecule has 1 nitrogen and oxygen atoms in total. The first-order chi connectivity index (χ1) is 15.5. The zero-order valence-corrected chi connectivity index (χ0v) is 23.9. The first kappa shape index (κ1) is 29.7. The van der Waals surface area contributed by atoms with E-state index >= 15 is 0 Å². The molecule has 0 saturated carbocycles. The second kappa shape index (κ2) is 15.6. The molecule has 0 fully saturated rings. The predicted molar refractivity (Wildman–Crippen MR) is 154 cm³/mol. The zero-order valence-electron chi connectivity index (χ0n) is 22.3. The highest BCUT2D eigenvalue weighted by Gasteiger charge is 2.19. The Bertz CT molecular complexity index is 852. The van der Waals surface area contributed by atoms with E-state index in [4.69, 9.17) is 0 Å². The Balaban J connectivity index is 2.34. The van der Waals surface area contributed by atoms with Gasteiger partial charge in [-0.1, -0.05) is 46.6 Å². The maximum Gasteiger partial charge on any atom is 0.118 e. The van der Waals surface area contributed by atoms with E-state index in [0.717, 1.165) is 37.0 Å². The molecule has 0 unspecified atom stereocenters. The van der Waals surface area contributed by atoms with Gasteiger partial charge in [0, 0.05) is 10.6 Å². The smallest absolute Gasteiger partial charge is 0.118 e. The summed E-state index contributed by atoms with van der Waals surface area (Å²) in [5, 5.41) is 9.73. The molecule has 1 aromatic carbocycles.